The summed E-state index contributed by atoms with van der Waals surface area (Å²) in [5.74, 6) is 7.64. The topological polar surface area (TPSA) is 80.2 Å². The van der Waals surface area contributed by atoms with Gasteiger partial charge in [-0.15, -0.1) is 11.3 Å². The second-order valence-corrected chi connectivity index (χ2v) is 5.16. The minimum atomic E-state index is 0.420. The third-order valence-corrected chi connectivity index (χ3v) is 3.92. The fourth-order valence-corrected chi connectivity index (χ4v) is 2.90. The van der Waals surface area contributed by atoms with E-state index in [9.17, 15) is 0 Å². The molecule has 0 aliphatic rings. The normalized spacial score (nSPS) is 10.9. The molecule has 20 heavy (non-hydrogen) atoms. The van der Waals surface area contributed by atoms with Crippen molar-refractivity contribution in [2.45, 2.75) is 13.5 Å². The van der Waals surface area contributed by atoms with Gasteiger partial charge >= 0.3 is 0 Å². The number of anilines is 2. The van der Waals surface area contributed by atoms with Crippen LogP contribution >= 0.6 is 11.3 Å². The number of hydrazine groups is 1. The number of aromatic nitrogens is 2. The van der Waals surface area contributed by atoms with Gasteiger partial charge in [0.15, 0.2) is 5.82 Å². The molecule has 0 amide bonds. The molecular weight excluding hydrogens is 274 g/mol. The first-order chi connectivity index (χ1) is 9.81. The van der Waals surface area contributed by atoms with Crippen molar-refractivity contribution in [2.75, 3.05) is 16.9 Å². The Labute approximate surface area is 120 Å². The quantitative estimate of drug-likeness (QED) is 0.555. The summed E-state index contributed by atoms with van der Waals surface area (Å²) in [4.78, 5) is 11.0. The summed E-state index contributed by atoms with van der Waals surface area (Å²) in [5, 5.41) is 2.00. The van der Waals surface area contributed by atoms with E-state index in [1.54, 1.807) is 17.6 Å². The molecule has 7 heteroatoms. The Balaban J connectivity index is 2.03. The highest BCUT2D eigenvalue weighted by molar-refractivity contribution is 7.17. The standard InChI is InChI=1S/C13H15N5OS/c1-2-18(8-9-4-3-6-19-9)12-11-10(5-7-20-11)15-13(16-12)17-14/h3-7H,2,8,14H2,1H3,(H,15,16,17). The van der Waals surface area contributed by atoms with Crippen molar-refractivity contribution in [1.82, 2.24) is 9.97 Å². The molecule has 3 N–H and O–H groups in total. The van der Waals surface area contributed by atoms with Crippen molar-refractivity contribution in [3.8, 4) is 0 Å². The van der Waals surface area contributed by atoms with Crippen molar-refractivity contribution >= 4 is 33.3 Å². The van der Waals surface area contributed by atoms with Gasteiger partial charge in [-0.3, -0.25) is 5.43 Å². The first-order valence-corrected chi connectivity index (χ1v) is 7.19. The molecule has 0 fully saturated rings. The molecule has 3 aromatic heterocycles. The van der Waals surface area contributed by atoms with Crippen LogP contribution in [0.4, 0.5) is 11.8 Å². The number of nitrogens with zero attached hydrogens (tertiary/aromatic N) is 3. The number of hydrogen-bond donors (Lipinski definition) is 2. The number of furan rings is 1. The second-order valence-electron chi connectivity index (χ2n) is 4.24. The van der Waals surface area contributed by atoms with E-state index in [1.165, 1.54) is 0 Å². The maximum Gasteiger partial charge on any atom is 0.239 e. The van der Waals surface area contributed by atoms with Crippen molar-refractivity contribution < 1.29 is 4.42 Å². The second kappa shape index (κ2) is 5.48. The maximum atomic E-state index is 5.45. The molecule has 0 radical (unpaired) electrons. The molecule has 0 unspecified atom stereocenters. The van der Waals surface area contributed by atoms with Crippen LogP contribution in [0.15, 0.2) is 34.3 Å². The molecule has 0 aliphatic carbocycles. The molecule has 104 valence electrons. The molecule has 0 saturated heterocycles. The Morgan fingerprint density at radius 1 is 1.40 bits per heavy atom. The van der Waals surface area contributed by atoms with E-state index < -0.39 is 0 Å². The minimum absolute atomic E-state index is 0.420. The highest BCUT2D eigenvalue weighted by Crippen LogP contribution is 2.30. The highest BCUT2D eigenvalue weighted by atomic mass is 32.1. The monoisotopic (exact) mass is 289 g/mol. The van der Waals surface area contributed by atoms with Crippen molar-refractivity contribution in [3.63, 3.8) is 0 Å². The highest BCUT2D eigenvalue weighted by Gasteiger charge is 2.15. The van der Waals surface area contributed by atoms with Gasteiger partial charge in [-0.25, -0.2) is 10.8 Å². The molecule has 0 aromatic carbocycles. The first-order valence-electron chi connectivity index (χ1n) is 6.31. The number of thiophene rings is 1. The Kier molecular flexibility index (Phi) is 3.53. The van der Waals surface area contributed by atoms with E-state index in [4.69, 9.17) is 10.3 Å². The van der Waals surface area contributed by atoms with E-state index in [1.807, 2.05) is 23.6 Å². The van der Waals surface area contributed by atoms with E-state index in [2.05, 4.69) is 27.2 Å². The smallest absolute Gasteiger partial charge is 0.239 e. The number of hydrogen-bond acceptors (Lipinski definition) is 7. The number of nitrogens with two attached hydrogens (primary N) is 1. The van der Waals surface area contributed by atoms with Gasteiger partial charge in [-0.1, -0.05) is 0 Å². The molecule has 0 atom stereocenters. The van der Waals surface area contributed by atoms with Gasteiger partial charge in [0.25, 0.3) is 0 Å². The van der Waals surface area contributed by atoms with Gasteiger partial charge in [0, 0.05) is 6.54 Å². The fourth-order valence-electron chi connectivity index (χ4n) is 2.05. The summed E-state index contributed by atoms with van der Waals surface area (Å²) in [5.41, 5.74) is 3.41. The van der Waals surface area contributed by atoms with Crippen LogP contribution in [-0.4, -0.2) is 16.5 Å². The minimum Gasteiger partial charge on any atom is -0.467 e. The molecular formula is C13H15N5OS. The van der Waals surface area contributed by atoms with Crippen LogP contribution in [0.1, 0.15) is 12.7 Å². The molecule has 0 saturated carbocycles. The number of nitrogen functional groups attached to an aromatic ring is 1. The Bertz CT molecular complexity index is 694. The number of rotatable bonds is 5. The summed E-state index contributed by atoms with van der Waals surface area (Å²) in [6.07, 6.45) is 1.68. The zero-order chi connectivity index (χ0) is 13.9. The van der Waals surface area contributed by atoms with Crippen LogP contribution in [0.3, 0.4) is 0 Å². The van der Waals surface area contributed by atoms with Gasteiger partial charge in [-0.2, -0.15) is 4.98 Å². The SMILES string of the molecule is CCN(Cc1ccco1)c1nc(NN)nc2ccsc12. The van der Waals surface area contributed by atoms with Crippen molar-refractivity contribution in [3.05, 3.63) is 35.6 Å². The van der Waals surface area contributed by atoms with E-state index >= 15 is 0 Å². The van der Waals surface area contributed by atoms with Crippen molar-refractivity contribution in [1.29, 1.82) is 0 Å². The van der Waals surface area contributed by atoms with E-state index in [-0.39, 0.29) is 0 Å². The lowest BCUT2D eigenvalue weighted by Gasteiger charge is -2.21. The summed E-state index contributed by atoms with van der Waals surface area (Å²) in [6.45, 7) is 3.56. The molecule has 0 spiro atoms. The van der Waals surface area contributed by atoms with Crippen LogP contribution in [0.2, 0.25) is 0 Å². The molecule has 0 aliphatic heterocycles. The summed E-state index contributed by atoms with van der Waals surface area (Å²) in [7, 11) is 0. The Morgan fingerprint density at radius 2 is 2.30 bits per heavy atom. The third-order valence-electron chi connectivity index (χ3n) is 3.02. The lowest BCUT2D eigenvalue weighted by atomic mass is 10.3. The fraction of sp³-hybridized carbons (Fsp3) is 0.231. The summed E-state index contributed by atoms with van der Waals surface area (Å²) < 4.78 is 6.47. The maximum absolute atomic E-state index is 5.45. The predicted molar refractivity (Wildman–Crippen MR) is 80.7 cm³/mol. The average Bonchev–Trinajstić information content (AvgIpc) is 3.14. The molecule has 3 heterocycles. The Hall–Kier alpha value is -2.12. The lowest BCUT2D eigenvalue weighted by Crippen LogP contribution is -2.24. The number of nitrogens with one attached hydrogen (secondary N) is 1. The summed E-state index contributed by atoms with van der Waals surface area (Å²) >= 11 is 1.62. The zero-order valence-corrected chi connectivity index (χ0v) is 11.9. The largest absolute Gasteiger partial charge is 0.467 e. The van der Waals surface area contributed by atoms with Gasteiger partial charge in [0.05, 0.1) is 23.0 Å². The van der Waals surface area contributed by atoms with Gasteiger partial charge in [0.1, 0.15) is 5.76 Å². The van der Waals surface area contributed by atoms with Crippen LogP contribution < -0.4 is 16.2 Å². The van der Waals surface area contributed by atoms with E-state index in [0.717, 1.165) is 28.3 Å². The average molecular weight is 289 g/mol. The molecule has 6 nitrogen and oxygen atoms in total. The number of fused-ring (bicyclic) bond motifs is 1. The predicted octanol–water partition coefficient (Wildman–Crippen LogP) is 2.60. The van der Waals surface area contributed by atoms with Crippen molar-refractivity contribution in [2.24, 2.45) is 5.84 Å². The van der Waals surface area contributed by atoms with Crippen LogP contribution in [0.25, 0.3) is 10.2 Å². The van der Waals surface area contributed by atoms with Crippen LogP contribution in [0.5, 0.6) is 0 Å². The Morgan fingerprint density at radius 3 is 3.00 bits per heavy atom. The molecule has 0 bridgehead atoms. The van der Waals surface area contributed by atoms with Gasteiger partial charge < -0.3 is 9.32 Å². The van der Waals surface area contributed by atoms with Gasteiger partial charge in [0.2, 0.25) is 5.95 Å². The zero-order valence-electron chi connectivity index (χ0n) is 11.0. The van der Waals surface area contributed by atoms with Crippen LogP contribution in [0, 0.1) is 0 Å². The molecule has 3 rings (SSSR count). The van der Waals surface area contributed by atoms with Crippen LogP contribution in [-0.2, 0) is 6.54 Å². The van der Waals surface area contributed by atoms with Gasteiger partial charge in [-0.05, 0) is 30.5 Å². The lowest BCUT2D eigenvalue weighted by molar-refractivity contribution is 0.503. The molecule has 3 aromatic rings. The third kappa shape index (κ3) is 2.33. The van der Waals surface area contributed by atoms with E-state index in [0.29, 0.717) is 12.5 Å². The summed E-state index contributed by atoms with van der Waals surface area (Å²) in [6, 6.07) is 5.81. The first kappa shape index (κ1) is 12.9.